The molecule has 1 heterocycles. The maximum Gasteiger partial charge on any atom is 0.348 e. The van der Waals surface area contributed by atoms with Gasteiger partial charge in [-0.05, 0) is 24.3 Å². The van der Waals surface area contributed by atoms with Gasteiger partial charge in [-0.3, -0.25) is 4.79 Å². The zero-order chi connectivity index (χ0) is 26.5. The summed E-state index contributed by atoms with van der Waals surface area (Å²) >= 11 is 6.28. The smallest absolute Gasteiger partial charge is 0.348 e. The van der Waals surface area contributed by atoms with E-state index < -0.39 is 17.3 Å². The Morgan fingerprint density at radius 1 is 1.08 bits per heavy atom. The first-order valence-electron chi connectivity index (χ1n) is 11.3. The van der Waals surface area contributed by atoms with Gasteiger partial charge in [0, 0.05) is 32.3 Å². The second-order valence-electron chi connectivity index (χ2n) is 8.14. The van der Waals surface area contributed by atoms with Crippen LogP contribution in [0, 0.1) is 0 Å². The maximum atomic E-state index is 13.4. The van der Waals surface area contributed by atoms with E-state index in [1.165, 1.54) is 15.5 Å². The summed E-state index contributed by atoms with van der Waals surface area (Å²) in [6.45, 7) is 0.953. The zero-order valence-electron chi connectivity index (χ0n) is 20.1. The van der Waals surface area contributed by atoms with Crippen molar-refractivity contribution >= 4 is 17.5 Å². The van der Waals surface area contributed by atoms with Crippen LogP contribution in [0.2, 0.25) is 5.02 Å². The van der Waals surface area contributed by atoms with E-state index in [2.05, 4.69) is 10.2 Å². The van der Waals surface area contributed by atoms with E-state index in [-0.39, 0.29) is 34.3 Å². The number of nitrogens with zero attached hydrogens (tertiary/aromatic N) is 3. The molecule has 0 atom stereocenters. The Kier molecular flexibility index (Phi) is 7.80. The minimum absolute atomic E-state index is 0.0178. The third-order valence-corrected chi connectivity index (χ3v) is 5.94. The average molecular weight is 525 g/mol. The van der Waals surface area contributed by atoms with E-state index in [1.807, 2.05) is 18.2 Å². The lowest BCUT2D eigenvalue weighted by molar-refractivity contribution is 0.0780. The number of phenolic OH excluding ortho intramolecular Hbond substituents is 2. The summed E-state index contributed by atoms with van der Waals surface area (Å²) < 4.78 is 11.9. The molecule has 1 aromatic heterocycles. The van der Waals surface area contributed by atoms with Gasteiger partial charge in [-0.15, -0.1) is 0 Å². The number of methoxy groups -OCH3 is 1. The fourth-order valence-electron chi connectivity index (χ4n) is 3.80. The average Bonchev–Trinajstić information content (AvgIpc) is 3.26. The van der Waals surface area contributed by atoms with Crippen molar-refractivity contribution in [3.05, 3.63) is 87.3 Å². The van der Waals surface area contributed by atoms with Crippen molar-refractivity contribution in [3.8, 4) is 34.3 Å². The fraction of sp³-hybridized carbons (Fsp3) is 0.192. The highest BCUT2D eigenvalue weighted by molar-refractivity contribution is 6.32. The summed E-state index contributed by atoms with van der Waals surface area (Å²) in [7, 11) is 3.16. The number of hydrogen-bond donors (Lipinski definition) is 3. The van der Waals surface area contributed by atoms with Crippen molar-refractivity contribution in [1.29, 1.82) is 0 Å². The lowest BCUT2D eigenvalue weighted by Gasteiger charge is -2.20. The Morgan fingerprint density at radius 2 is 1.81 bits per heavy atom. The SMILES string of the molecule is COCCOc1ccccc1CN(C)C(=O)c1cc(-c2n[nH]c(=O)n2-c2ccccc2Cl)c(O)cc1O. The van der Waals surface area contributed by atoms with Crippen molar-refractivity contribution < 1.29 is 24.5 Å². The number of ether oxygens (including phenoxy) is 2. The van der Waals surface area contributed by atoms with Gasteiger partial charge in [0.05, 0.1) is 28.4 Å². The molecule has 0 fully saturated rings. The molecular formula is C26H25ClN4O6. The molecule has 4 aromatic rings. The molecule has 0 saturated carbocycles. The molecule has 4 rings (SSSR count). The van der Waals surface area contributed by atoms with Gasteiger partial charge in [-0.1, -0.05) is 41.9 Å². The number of hydrogen-bond acceptors (Lipinski definition) is 7. The predicted molar refractivity (Wildman–Crippen MR) is 138 cm³/mol. The Labute approximate surface area is 217 Å². The molecule has 0 aliphatic rings. The van der Waals surface area contributed by atoms with Crippen LogP contribution in [0.15, 0.2) is 65.5 Å². The molecule has 37 heavy (non-hydrogen) atoms. The van der Waals surface area contributed by atoms with Crippen LogP contribution in [0.5, 0.6) is 17.2 Å². The van der Waals surface area contributed by atoms with Crippen LogP contribution in [0.1, 0.15) is 15.9 Å². The van der Waals surface area contributed by atoms with Crippen LogP contribution in [-0.2, 0) is 11.3 Å². The predicted octanol–water partition coefficient (Wildman–Crippen LogP) is 3.59. The van der Waals surface area contributed by atoms with Crippen molar-refractivity contribution in [1.82, 2.24) is 19.7 Å². The molecular weight excluding hydrogens is 500 g/mol. The molecule has 0 spiro atoms. The zero-order valence-corrected chi connectivity index (χ0v) is 20.9. The van der Waals surface area contributed by atoms with Crippen LogP contribution >= 0.6 is 11.6 Å². The van der Waals surface area contributed by atoms with Crippen LogP contribution < -0.4 is 10.4 Å². The number of carbonyl (C=O) groups excluding carboxylic acids is 1. The van der Waals surface area contributed by atoms with E-state index in [1.54, 1.807) is 44.5 Å². The number of H-pyrrole nitrogens is 1. The third kappa shape index (κ3) is 5.45. The van der Waals surface area contributed by atoms with Crippen molar-refractivity contribution in [3.63, 3.8) is 0 Å². The lowest BCUT2D eigenvalue weighted by Crippen LogP contribution is -2.26. The first-order chi connectivity index (χ1) is 17.8. The molecule has 10 nitrogen and oxygen atoms in total. The number of nitrogens with one attached hydrogen (secondary N) is 1. The Hall–Kier alpha value is -4.28. The van der Waals surface area contributed by atoms with Gasteiger partial charge in [-0.2, -0.15) is 5.10 Å². The number of rotatable bonds is 9. The van der Waals surface area contributed by atoms with E-state index in [0.29, 0.717) is 24.7 Å². The van der Waals surface area contributed by atoms with E-state index in [9.17, 15) is 19.8 Å². The molecule has 1 amide bonds. The first-order valence-corrected chi connectivity index (χ1v) is 11.6. The van der Waals surface area contributed by atoms with E-state index in [4.69, 9.17) is 21.1 Å². The number of aromatic amines is 1. The molecule has 0 saturated heterocycles. The van der Waals surface area contributed by atoms with Crippen LogP contribution in [0.25, 0.3) is 17.1 Å². The number of benzene rings is 3. The maximum absolute atomic E-state index is 13.4. The number of phenols is 2. The highest BCUT2D eigenvalue weighted by Gasteiger charge is 2.24. The highest BCUT2D eigenvalue weighted by Crippen LogP contribution is 2.36. The largest absolute Gasteiger partial charge is 0.507 e. The molecule has 0 aliphatic carbocycles. The van der Waals surface area contributed by atoms with Crippen molar-refractivity contribution in [2.45, 2.75) is 6.54 Å². The second kappa shape index (κ2) is 11.2. The van der Waals surface area contributed by atoms with Crippen LogP contribution in [-0.4, -0.2) is 63.2 Å². The summed E-state index contributed by atoms with van der Waals surface area (Å²) in [5.74, 6) is -0.697. The van der Waals surface area contributed by atoms with Crippen LogP contribution in [0.4, 0.5) is 0 Å². The molecule has 3 N–H and O–H groups in total. The van der Waals surface area contributed by atoms with Gasteiger partial charge in [0.1, 0.15) is 23.9 Å². The second-order valence-corrected chi connectivity index (χ2v) is 8.54. The minimum atomic E-state index is -0.592. The summed E-state index contributed by atoms with van der Waals surface area (Å²) in [6.07, 6.45) is 0. The van der Waals surface area contributed by atoms with Crippen molar-refractivity contribution in [2.75, 3.05) is 27.4 Å². The molecule has 0 radical (unpaired) electrons. The highest BCUT2D eigenvalue weighted by atomic mass is 35.5. The summed E-state index contributed by atoms with van der Waals surface area (Å²) in [6, 6.07) is 16.2. The normalized spacial score (nSPS) is 10.9. The molecule has 0 aliphatic heterocycles. The van der Waals surface area contributed by atoms with E-state index in [0.717, 1.165) is 11.6 Å². The molecule has 0 unspecified atom stereocenters. The monoisotopic (exact) mass is 524 g/mol. The fourth-order valence-corrected chi connectivity index (χ4v) is 4.03. The Balaban J connectivity index is 1.68. The Morgan fingerprint density at radius 3 is 2.57 bits per heavy atom. The van der Waals surface area contributed by atoms with E-state index >= 15 is 0 Å². The first kappa shape index (κ1) is 25.8. The number of aromatic hydroxyl groups is 2. The third-order valence-electron chi connectivity index (χ3n) is 5.62. The molecule has 192 valence electrons. The van der Waals surface area contributed by atoms with Gasteiger partial charge in [0.2, 0.25) is 0 Å². The topological polar surface area (TPSA) is 130 Å². The van der Waals surface area contributed by atoms with Gasteiger partial charge in [0.25, 0.3) is 5.91 Å². The molecule has 11 heteroatoms. The summed E-state index contributed by atoms with van der Waals surface area (Å²) in [5, 5.41) is 27.8. The van der Waals surface area contributed by atoms with Gasteiger partial charge in [-0.25, -0.2) is 14.5 Å². The minimum Gasteiger partial charge on any atom is -0.507 e. The van der Waals surface area contributed by atoms with Gasteiger partial charge < -0.3 is 24.6 Å². The number of aromatic nitrogens is 3. The standard InChI is InChI=1S/C26H25ClN4O6/c1-30(15-16-7-3-6-10-23(16)37-12-11-36-2)25(34)18-13-17(21(32)14-22(18)33)24-28-29-26(35)31(24)20-9-5-4-8-19(20)27/h3-10,13-14,32-33H,11-12,15H2,1-2H3,(H,29,35). The number of carbonyl (C=O) groups is 1. The number of para-hydroxylation sites is 2. The Bertz CT molecular complexity index is 1480. The quantitative estimate of drug-likeness (QED) is 0.285. The number of amides is 1. The summed E-state index contributed by atoms with van der Waals surface area (Å²) in [4.78, 5) is 27.3. The van der Waals surface area contributed by atoms with Gasteiger partial charge in [0.15, 0.2) is 5.82 Å². The lowest BCUT2D eigenvalue weighted by atomic mass is 10.1. The summed E-state index contributed by atoms with van der Waals surface area (Å²) in [5.41, 5.74) is 0.462. The number of halogens is 1. The van der Waals surface area contributed by atoms with Crippen LogP contribution in [0.3, 0.4) is 0 Å². The van der Waals surface area contributed by atoms with Crippen molar-refractivity contribution in [2.24, 2.45) is 0 Å². The molecule has 0 bridgehead atoms. The van der Waals surface area contributed by atoms with Gasteiger partial charge >= 0.3 is 5.69 Å². The molecule has 3 aromatic carbocycles.